The van der Waals surface area contributed by atoms with E-state index in [1.807, 2.05) is 18.3 Å². The lowest BCUT2D eigenvalue weighted by atomic mass is 10.1. The van der Waals surface area contributed by atoms with Crippen molar-refractivity contribution in [3.05, 3.63) is 51.5 Å². The number of aryl methyl sites for hydroxylation is 1. The molecule has 0 bridgehead atoms. The third-order valence-corrected chi connectivity index (χ3v) is 4.68. The zero-order valence-electron chi connectivity index (χ0n) is 14.4. The predicted octanol–water partition coefficient (Wildman–Crippen LogP) is 2.33. The second-order valence-electron chi connectivity index (χ2n) is 5.24. The van der Waals surface area contributed by atoms with E-state index < -0.39 is 5.91 Å². The van der Waals surface area contributed by atoms with Crippen LogP contribution in [-0.4, -0.2) is 30.4 Å². The lowest BCUT2D eigenvalue weighted by molar-refractivity contribution is 0.1000. The molecule has 1 heterocycles. The van der Waals surface area contributed by atoms with E-state index in [1.165, 1.54) is 4.88 Å². The van der Waals surface area contributed by atoms with Gasteiger partial charge in [-0.25, -0.2) is 4.98 Å². The van der Waals surface area contributed by atoms with E-state index in [1.54, 1.807) is 30.5 Å². The van der Waals surface area contributed by atoms with Gasteiger partial charge in [-0.05, 0) is 24.1 Å². The molecule has 0 aliphatic heterocycles. The van der Waals surface area contributed by atoms with Gasteiger partial charge in [-0.2, -0.15) is 0 Å². The molecule has 0 fully saturated rings. The van der Waals surface area contributed by atoms with Crippen molar-refractivity contribution in [1.82, 2.24) is 15.6 Å². The van der Waals surface area contributed by atoms with E-state index in [4.69, 9.17) is 5.73 Å². The van der Waals surface area contributed by atoms with Gasteiger partial charge in [0.25, 0.3) is 0 Å². The van der Waals surface area contributed by atoms with Gasteiger partial charge in [-0.1, -0.05) is 19.1 Å². The number of benzene rings is 1. The molecular weight excluding hydrogens is 449 g/mol. The van der Waals surface area contributed by atoms with Crippen LogP contribution < -0.4 is 16.4 Å². The molecule has 0 atom stereocenters. The molecule has 1 aromatic carbocycles. The predicted molar refractivity (Wildman–Crippen MR) is 114 cm³/mol. The number of amides is 1. The summed E-state index contributed by atoms with van der Waals surface area (Å²) in [5, 5.41) is 7.62. The number of carbonyl (C=O) groups excluding carboxylic acids is 1. The fraction of sp³-hybridized carbons (Fsp3) is 0.353. The summed E-state index contributed by atoms with van der Waals surface area (Å²) in [6, 6.07) is 7.25. The molecule has 8 heteroatoms. The number of nitrogens with zero attached hydrogens (tertiary/aromatic N) is 2. The van der Waals surface area contributed by atoms with Crippen LogP contribution in [0.4, 0.5) is 0 Å². The molecule has 0 unspecified atom stereocenters. The first-order chi connectivity index (χ1) is 11.6. The molecule has 1 amide bonds. The lowest BCUT2D eigenvalue weighted by Gasteiger charge is -2.11. The summed E-state index contributed by atoms with van der Waals surface area (Å²) in [4.78, 5) is 21.1. The number of thiazole rings is 1. The molecular formula is C17H24IN5OS. The van der Waals surface area contributed by atoms with Crippen LogP contribution in [-0.2, 0) is 19.4 Å². The van der Waals surface area contributed by atoms with Crippen LogP contribution >= 0.6 is 35.3 Å². The number of nitrogens with two attached hydrogens (primary N) is 1. The minimum atomic E-state index is -0.422. The number of primary amides is 1. The standard InChI is InChI=1S/C17H23N5OS.HI/c1-3-14-11-21-15(24-14)7-8-20-17(19-2)22-10-12-5-4-6-13(9-12)16(18)23;/h4-6,9,11H,3,7-8,10H2,1-2H3,(H2,18,23)(H2,19,20,22);1H. The Morgan fingerprint density at radius 2 is 2.16 bits per heavy atom. The van der Waals surface area contributed by atoms with Gasteiger partial charge < -0.3 is 16.4 Å². The summed E-state index contributed by atoms with van der Waals surface area (Å²) >= 11 is 1.75. The quantitative estimate of drug-likeness (QED) is 0.327. The molecule has 2 aromatic rings. The van der Waals surface area contributed by atoms with Crippen LogP contribution in [0.1, 0.15) is 32.7 Å². The molecule has 0 saturated heterocycles. The zero-order valence-corrected chi connectivity index (χ0v) is 17.6. The molecule has 6 nitrogen and oxygen atoms in total. The topological polar surface area (TPSA) is 92.4 Å². The van der Waals surface area contributed by atoms with Crippen molar-refractivity contribution >= 4 is 47.2 Å². The highest BCUT2D eigenvalue weighted by atomic mass is 127. The second-order valence-corrected chi connectivity index (χ2v) is 6.44. The summed E-state index contributed by atoms with van der Waals surface area (Å²) in [7, 11) is 1.73. The van der Waals surface area contributed by atoms with Crippen molar-refractivity contribution in [2.75, 3.05) is 13.6 Å². The number of hydrogen-bond donors (Lipinski definition) is 3. The van der Waals surface area contributed by atoms with Crippen molar-refractivity contribution in [1.29, 1.82) is 0 Å². The van der Waals surface area contributed by atoms with Crippen LogP contribution in [0.5, 0.6) is 0 Å². The largest absolute Gasteiger partial charge is 0.366 e. The fourth-order valence-electron chi connectivity index (χ4n) is 2.16. The van der Waals surface area contributed by atoms with Crippen LogP contribution in [0.25, 0.3) is 0 Å². The van der Waals surface area contributed by atoms with E-state index in [9.17, 15) is 4.79 Å². The van der Waals surface area contributed by atoms with Gasteiger partial charge in [0.2, 0.25) is 5.91 Å². The number of hydrogen-bond acceptors (Lipinski definition) is 4. The van der Waals surface area contributed by atoms with Gasteiger partial charge in [-0.3, -0.25) is 9.79 Å². The zero-order chi connectivity index (χ0) is 17.4. The Kier molecular flexibility index (Phi) is 9.43. The summed E-state index contributed by atoms with van der Waals surface area (Å²) in [6.07, 6.45) is 3.83. The van der Waals surface area contributed by atoms with E-state index in [-0.39, 0.29) is 24.0 Å². The van der Waals surface area contributed by atoms with Gasteiger partial charge in [0, 0.05) is 43.2 Å². The number of halogens is 1. The minimum absolute atomic E-state index is 0. The van der Waals surface area contributed by atoms with E-state index in [0.717, 1.165) is 30.0 Å². The first kappa shape index (κ1) is 21.4. The van der Waals surface area contributed by atoms with Crippen molar-refractivity contribution in [2.24, 2.45) is 10.7 Å². The molecule has 0 saturated carbocycles. The first-order valence-electron chi connectivity index (χ1n) is 7.89. The Balaban J connectivity index is 0.00000312. The SMILES string of the molecule is CCc1cnc(CCNC(=NC)NCc2cccc(C(N)=O)c2)s1.I. The fourth-order valence-corrected chi connectivity index (χ4v) is 3.02. The number of aromatic nitrogens is 1. The molecule has 0 spiro atoms. The molecule has 136 valence electrons. The summed E-state index contributed by atoms with van der Waals surface area (Å²) in [5.41, 5.74) is 6.78. The van der Waals surface area contributed by atoms with Crippen LogP contribution in [0.3, 0.4) is 0 Å². The Hall–Kier alpha value is -1.68. The minimum Gasteiger partial charge on any atom is -0.366 e. The second kappa shape index (κ2) is 11.0. The Morgan fingerprint density at radius 3 is 2.80 bits per heavy atom. The molecule has 1 aromatic heterocycles. The molecule has 0 radical (unpaired) electrons. The third kappa shape index (κ3) is 6.99. The average Bonchev–Trinajstić information content (AvgIpc) is 3.06. The summed E-state index contributed by atoms with van der Waals surface area (Å²) in [6.45, 7) is 3.46. The van der Waals surface area contributed by atoms with Gasteiger partial charge in [-0.15, -0.1) is 35.3 Å². The van der Waals surface area contributed by atoms with Crippen LogP contribution in [0.2, 0.25) is 0 Å². The molecule has 25 heavy (non-hydrogen) atoms. The highest BCUT2D eigenvalue weighted by Gasteiger charge is 2.04. The van der Waals surface area contributed by atoms with Crippen molar-refractivity contribution in [3.63, 3.8) is 0 Å². The van der Waals surface area contributed by atoms with Crippen molar-refractivity contribution in [3.8, 4) is 0 Å². The number of aliphatic imine (C=N–C) groups is 1. The summed E-state index contributed by atoms with van der Waals surface area (Å²) < 4.78 is 0. The number of rotatable bonds is 7. The van der Waals surface area contributed by atoms with Gasteiger partial charge >= 0.3 is 0 Å². The van der Waals surface area contributed by atoms with E-state index >= 15 is 0 Å². The van der Waals surface area contributed by atoms with Crippen LogP contribution in [0.15, 0.2) is 35.5 Å². The molecule has 2 rings (SSSR count). The maximum absolute atomic E-state index is 11.2. The molecule has 4 N–H and O–H groups in total. The Labute approximate surface area is 169 Å². The van der Waals surface area contributed by atoms with E-state index in [2.05, 4.69) is 27.5 Å². The monoisotopic (exact) mass is 473 g/mol. The average molecular weight is 473 g/mol. The first-order valence-corrected chi connectivity index (χ1v) is 8.71. The van der Waals surface area contributed by atoms with Crippen molar-refractivity contribution < 1.29 is 4.79 Å². The van der Waals surface area contributed by atoms with E-state index in [0.29, 0.717) is 18.1 Å². The molecule has 0 aliphatic carbocycles. The van der Waals surface area contributed by atoms with Gasteiger partial charge in [0.15, 0.2) is 5.96 Å². The Morgan fingerprint density at radius 1 is 1.36 bits per heavy atom. The highest BCUT2D eigenvalue weighted by molar-refractivity contribution is 14.0. The smallest absolute Gasteiger partial charge is 0.248 e. The number of nitrogens with one attached hydrogen (secondary N) is 2. The Bertz CT molecular complexity index is 717. The number of carbonyl (C=O) groups is 1. The van der Waals surface area contributed by atoms with Gasteiger partial charge in [0.1, 0.15) is 0 Å². The third-order valence-electron chi connectivity index (χ3n) is 3.48. The van der Waals surface area contributed by atoms with Crippen LogP contribution in [0, 0.1) is 0 Å². The number of guanidine groups is 1. The van der Waals surface area contributed by atoms with Crippen molar-refractivity contribution in [2.45, 2.75) is 26.3 Å². The lowest BCUT2D eigenvalue weighted by Crippen LogP contribution is -2.37. The highest BCUT2D eigenvalue weighted by Crippen LogP contribution is 2.13. The maximum atomic E-state index is 11.2. The summed E-state index contributed by atoms with van der Waals surface area (Å²) in [5.74, 6) is 0.293. The normalized spacial score (nSPS) is 10.9. The molecule has 0 aliphatic rings. The van der Waals surface area contributed by atoms with Gasteiger partial charge in [0.05, 0.1) is 5.01 Å². The maximum Gasteiger partial charge on any atom is 0.248 e.